The van der Waals surface area contributed by atoms with Crippen LogP contribution in [-0.4, -0.2) is 27.1 Å². The van der Waals surface area contributed by atoms with Crippen LogP contribution in [0.25, 0.3) is 27.6 Å². The molecule has 8 heteroatoms. The molecular formula is C20H21BN4O3+2. The zero-order valence-electron chi connectivity index (χ0n) is 16.3. The highest BCUT2D eigenvalue weighted by Crippen LogP contribution is 2.48. The van der Waals surface area contributed by atoms with Gasteiger partial charge in [0.25, 0.3) is 5.69 Å². The minimum atomic E-state index is -1.91. The van der Waals surface area contributed by atoms with E-state index < -0.39 is 7.32 Å². The summed E-state index contributed by atoms with van der Waals surface area (Å²) in [5.41, 5.74) is 7.22. The van der Waals surface area contributed by atoms with Crippen molar-refractivity contribution >= 4 is 34.9 Å². The number of rotatable bonds is 2. The summed E-state index contributed by atoms with van der Waals surface area (Å²) in [6.07, 6.45) is 5.83. The Hall–Kier alpha value is -2.71. The second kappa shape index (κ2) is 4.64. The lowest BCUT2D eigenvalue weighted by Gasteiger charge is -2.40. The minimum Gasteiger partial charge on any atom is -0.421 e. The van der Waals surface area contributed by atoms with E-state index in [4.69, 9.17) is 9.74 Å². The average Bonchev–Trinajstić information content (AvgIpc) is 3.17. The van der Waals surface area contributed by atoms with Gasteiger partial charge in [-0.25, -0.2) is 9.71 Å². The Balaban J connectivity index is 1.95. The molecule has 6 rings (SSSR count). The van der Waals surface area contributed by atoms with E-state index in [1.807, 2.05) is 12.3 Å². The summed E-state index contributed by atoms with van der Waals surface area (Å²) in [5.74, 6) is 0. The lowest BCUT2D eigenvalue weighted by molar-refractivity contribution is -0.689. The van der Waals surface area contributed by atoms with E-state index in [9.17, 15) is 10.0 Å². The van der Waals surface area contributed by atoms with E-state index in [2.05, 4.69) is 48.9 Å². The number of fused-ring (bicyclic) bond motifs is 1. The fourth-order valence-electron chi connectivity index (χ4n) is 5.12. The Labute approximate surface area is 161 Å². The summed E-state index contributed by atoms with van der Waals surface area (Å²) in [6.45, 7) is 9.95. The summed E-state index contributed by atoms with van der Waals surface area (Å²) in [5, 5.41) is 19.9. The average molecular weight is 376 g/mol. The Bertz CT molecular complexity index is 1360. The van der Waals surface area contributed by atoms with Gasteiger partial charge in [-0.2, -0.15) is 0 Å². The second-order valence-corrected chi connectivity index (χ2v) is 8.93. The van der Waals surface area contributed by atoms with Crippen LogP contribution in [0, 0.1) is 0 Å². The Kier molecular flexibility index (Phi) is 2.70. The highest BCUT2D eigenvalue weighted by atomic mass is 16.7. The first-order valence-corrected chi connectivity index (χ1v) is 9.50. The van der Waals surface area contributed by atoms with E-state index in [1.165, 1.54) is 21.6 Å². The SMILES string of the molecule is CC1(C)c2ccnc3c4c5c(ccn4OB(O)O)C[n+]4cc([n+](c23)c54)C1(C)C. The molecule has 0 unspecified atom stereocenters. The van der Waals surface area contributed by atoms with E-state index in [0.717, 1.165) is 34.1 Å². The predicted molar refractivity (Wildman–Crippen MR) is 103 cm³/mol. The molecule has 2 aliphatic rings. The number of hydrogen-bond donors (Lipinski definition) is 2. The van der Waals surface area contributed by atoms with Crippen LogP contribution in [0.3, 0.4) is 0 Å². The van der Waals surface area contributed by atoms with Crippen molar-refractivity contribution in [2.75, 3.05) is 0 Å². The fraction of sp³-hybridized carbons (Fsp3) is 0.350. The lowest BCUT2D eigenvalue weighted by atomic mass is 9.61. The van der Waals surface area contributed by atoms with Gasteiger partial charge in [-0.1, -0.05) is 18.2 Å². The molecule has 0 atom stereocenters. The lowest BCUT2D eigenvalue weighted by Crippen LogP contribution is -2.51. The smallest absolute Gasteiger partial charge is 0.421 e. The molecule has 0 spiro atoms. The summed E-state index contributed by atoms with van der Waals surface area (Å²) >= 11 is 0. The maximum Gasteiger partial charge on any atom is 0.728 e. The van der Waals surface area contributed by atoms with Crippen molar-refractivity contribution in [3.8, 4) is 0 Å². The van der Waals surface area contributed by atoms with Gasteiger partial charge in [-0.3, -0.25) is 0 Å². The molecule has 0 radical (unpaired) electrons. The van der Waals surface area contributed by atoms with Crippen LogP contribution < -0.4 is 13.7 Å². The Morgan fingerprint density at radius 1 is 1.18 bits per heavy atom. The van der Waals surface area contributed by atoms with Crippen molar-refractivity contribution in [1.29, 1.82) is 0 Å². The molecule has 7 nitrogen and oxygen atoms in total. The standard InChI is InChI=1S/C20H21BN4O3/c1-19(2)12-5-7-22-15-16(12)25-13(20(19,3)4)10-23-9-11-6-8-24(28-21(26)27)17(15)14(11)18(23)25/h5-8,10,26-27H,9H2,1-4H3/q+2. The number of hydrogen-bond acceptors (Lipinski definition) is 4. The zero-order chi connectivity index (χ0) is 19.6. The summed E-state index contributed by atoms with van der Waals surface area (Å²) < 4.78 is 11.4. The van der Waals surface area contributed by atoms with Crippen molar-refractivity contribution in [2.45, 2.75) is 45.1 Å². The van der Waals surface area contributed by atoms with Gasteiger partial charge in [0.2, 0.25) is 11.7 Å². The third-order valence-corrected chi connectivity index (χ3v) is 7.21. The molecule has 0 saturated carbocycles. The van der Waals surface area contributed by atoms with Crippen molar-refractivity contribution in [3.63, 3.8) is 0 Å². The Morgan fingerprint density at radius 3 is 2.71 bits per heavy atom. The molecule has 0 bridgehead atoms. The van der Waals surface area contributed by atoms with Crippen LogP contribution in [0.15, 0.2) is 30.7 Å². The number of nitrogens with zero attached hydrogens (tertiary/aromatic N) is 4. The predicted octanol–water partition coefficient (Wildman–Crippen LogP) is 0.544. The zero-order valence-corrected chi connectivity index (χ0v) is 16.3. The topological polar surface area (TPSA) is 75.5 Å². The van der Waals surface area contributed by atoms with Crippen LogP contribution >= 0.6 is 0 Å². The number of pyridine rings is 3. The molecule has 0 aliphatic carbocycles. The third kappa shape index (κ3) is 1.59. The summed E-state index contributed by atoms with van der Waals surface area (Å²) in [4.78, 5) is 4.73. The largest absolute Gasteiger partial charge is 0.728 e. The van der Waals surface area contributed by atoms with Crippen LogP contribution in [0.2, 0.25) is 0 Å². The van der Waals surface area contributed by atoms with Crippen molar-refractivity contribution in [3.05, 3.63) is 47.5 Å². The third-order valence-electron chi connectivity index (χ3n) is 7.21. The molecule has 0 amide bonds. The van der Waals surface area contributed by atoms with Gasteiger partial charge in [0, 0.05) is 28.9 Å². The maximum absolute atomic E-state index is 9.44. The van der Waals surface area contributed by atoms with Crippen LogP contribution in [-0.2, 0) is 17.4 Å². The van der Waals surface area contributed by atoms with E-state index >= 15 is 0 Å². The minimum absolute atomic E-state index is 0.0732. The first-order chi connectivity index (χ1) is 13.2. The molecule has 0 fully saturated rings. The van der Waals surface area contributed by atoms with Crippen LogP contribution in [0.5, 0.6) is 0 Å². The molecule has 2 aliphatic heterocycles. The molecule has 0 saturated heterocycles. The molecule has 0 aromatic carbocycles. The first kappa shape index (κ1) is 16.3. The molecule has 2 N–H and O–H groups in total. The van der Waals surface area contributed by atoms with Crippen LogP contribution in [0.1, 0.15) is 44.5 Å². The van der Waals surface area contributed by atoms with Gasteiger partial charge >= 0.3 is 13.0 Å². The molecule has 28 heavy (non-hydrogen) atoms. The maximum atomic E-state index is 9.44. The van der Waals surface area contributed by atoms with Gasteiger partial charge in [-0.05, 0) is 26.0 Å². The van der Waals surface area contributed by atoms with Crippen molar-refractivity contribution in [1.82, 2.24) is 9.71 Å². The first-order valence-electron chi connectivity index (χ1n) is 9.50. The van der Waals surface area contributed by atoms with E-state index in [0.29, 0.717) is 0 Å². The highest BCUT2D eigenvalue weighted by Gasteiger charge is 2.56. The van der Waals surface area contributed by atoms with Crippen molar-refractivity contribution < 1.29 is 23.8 Å². The normalized spacial score (nSPS) is 18.1. The van der Waals surface area contributed by atoms with Gasteiger partial charge < -0.3 is 14.8 Å². The molecule has 4 aromatic heterocycles. The quantitative estimate of drug-likeness (QED) is 0.268. The van der Waals surface area contributed by atoms with Gasteiger partial charge in [-0.15, -0.1) is 4.57 Å². The van der Waals surface area contributed by atoms with E-state index in [-0.39, 0.29) is 10.8 Å². The molecular weight excluding hydrogens is 355 g/mol. The van der Waals surface area contributed by atoms with E-state index in [1.54, 1.807) is 6.20 Å². The summed E-state index contributed by atoms with van der Waals surface area (Å²) in [7, 11) is -1.91. The van der Waals surface area contributed by atoms with Crippen molar-refractivity contribution in [2.24, 2.45) is 0 Å². The van der Waals surface area contributed by atoms with Gasteiger partial charge in [0.15, 0.2) is 17.4 Å². The fourth-order valence-corrected chi connectivity index (χ4v) is 5.12. The van der Waals surface area contributed by atoms with Gasteiger partial charge in [0.05, 0.1) is 5.41 Å². The summed E-state index contributed by atoms with van der Waals surface area (Å²) in [6, 6.07) is 4.07. The second-order valence-electron chi connectivity index (χ2n) is 8.93. The number of aromatic nitrogens is 4. The molecule has 6 heterocycles. The monoisotopic (exact) mass is 376 g/mol. The number of imidazole rings is 1. The van der Waals surface area contributed by atoms with Gasteiger partial charge in [0.1, 0.15) is 5.52 Å². The molecule has 4 aromatic rings. The van der Waals surface area contributed by atoms with Crippen LogP contribution in [0.4, 0.5) is 0 Å². The Morgan fingerprint density at radius 2 is 1.96 bits per heavy atom. The highest BCUT2D eigenvalue weighted by molar-refractivity contribution is 6.33. The molecule has 140 valence electrons.